The zero-order chi connectivity index (χ0) is 15.3. The smallest absolute Gasteiger partial charge is 0.234 e. The molecular weight excluding hydrogens is 289 g/mol. The van der Waals surface area contributed by atoms with Crippen LogP contribution in [0.4, 0.5) is 10.1 Å². The number of rotatable bonds is 1. The van der Waals surface area contributed by atoms with Crippen molar-refractivity contribution in [1.29, 1.82) is 0 Å². The van der Waals surface area contributed by atoms with Crippen LogP contribution in [0.25, 0.3) is 0 Å². The Hall–Kier alpha value is -1.21. The van der Waals surface area contributed by atoms with Gasteiger partial charge in [0.05, 0.1) is 0 Å². The first-order valence-electron chi connectivity index (χ1n) is 7.89. The first-order chi connectivity index (χ1) is 10.8. The van der Waals surface area contributed by atoms with E-state index in [2.05, 4.69) is 0 Å². The Kier molecular flexibility index (Phi) is 5.25. The molecule has 1 saturated heterocycles. The third-order valence-electron chi connectivity index (χ3n) is 4.15. The van der Waals surface area contributed by atoms with E-state index >= 15 is 0 Å². The fraction of sp³-hybridized carbons (Fsp3) is 0.625. The van der Waals surface area contributed by atoms with Crippen LogP contribution in [0.5, 0.6) is 0 Å². The van der Waals surface area contributed by atoms with Gasteiger partial charge in [-0.05, 0) is 37.1 Å². The summed E-state index contributed by atoms with van der Waals surface area (Å²) >= 11 is 0. The minimum atomic E-state index is -0.796. The van der Waals surface area contributed by atoms with Crippen molar-refractivity contribution in [3.05, 3.63) is 30.1 Å². The van der Waals surface area contributed by atoms with Gasteiger partial charge in [0.2, 0.25) is 5.79 Å². The van der Waals surface area contributed by atoms with E-state index in [1.54, 1.807) is 17.0 Å². The van der Waals surface area contributed by atoms with Crippen molar-refractivity contribution in [2.75, 3.05) is 18.4 Å². The predicted molar refractivity (Wildman–Crippen MR) is 78.0 cm³/mol. The van der Waals surface area contributed by atoms with Crippen molar-refractivity contribution in [3.63, 3.8) is 0 Å². The lowest BCUT2D eigenvalue weighted by Crippen LogP contribution is -2.43. The zero-order valence-corrected chi connectivity index (χ0v) is 12.6. The van der Waals surface area contributed by atoms with Gasteiger partial charge in [-0.1, -0.05) is 19.3 Å². The maximum absolute atomic E-state index is 13.0. The second-order valence-electron chi connectivity index (χ2n) is 5.86. The second-order valence-corrected chi connectivity index (χ2v) is 5.86. The summed E-state index contributed by atoms with van der Waals surface area (Å²) in [5.41, 5.74) is 0.780. The molecule has 3 rings (SSSR count). The van der Waals surface area contributed by atoms with E-state index in [1.165, 1.54) is 31.4 Å². The molecule has 2 fully saturated rings. The summed E-state index contributed by atoms with van der Waals surface area (Å²) in [6, 6.07) is 6.11. The summed E-state index contributed by atoms with van der Waals surface area (Å²) in [4.78, 5) is 23.7. The molecule has 0 atom stereocenters. The quantitative estimate of drug-likeness (QED) is 0.736. The predicted octanol–water partition coefficient (Wildman–Crippen LogP) is 3.90. The van der Waals surface area contributed by atoms with Crippen molar-refractivity contribution in [3.8, 4) is 0 Å². The molecule has 0 aromatic heterocycles. The SMILES string of the molecule is Fc1ccc(N2COOC3(CCCCCCC3)OOC2)cc1. The molecule has 0 amide bonds. The van der Waals surface area contributed by atoms with Crippen molar-refractivity contribution >= 4 is 5.69 Å². The Morgan fingerprint density at radius 1 is 0.818 bits per heavy atom. The summed E-state index contributed by atoms with van der Waals surface area (Å²) in [7, 11) is 0. The fourth-order valence-electron chi connectivity index (χ4n) is 2.86. The van der Waals surface area contributed by atoms with E-state index in [9.17, 15) is 4.39 Å². The molecule has 22 heavy (non-hydrogen) atoms. The van der Waals surface area contributed by atoms with Crippen molar-refractivity contribution in [1.82, 2.24) is 0 Å². The maximum atomic E-state index is 13.0. The monoisotopic (exact) mass is 311 g/mol. The van der Waals surface area contributed by atoms with Gasteiger partial charge in [0, 0.05) is 18.5 Å². The summed E-state index contributed by atoms with van der Waals surface area (Å²) in [6.45, 7) is 0.410. The molecule has 1 aromatic carbocycles. The summed E-state index contributed by atoms with van der Waals surface area (Å²) < 4.78 is 13.0. The number of halogens is 1. The highest BCUT2D eigenvalue weighted by Crippen LogP contribution is 2.32. The van der Waals surface area contributed by atoms with Gasteiger partial charge in [-0.3, -0.25) is 0 Å². The van der Waals surface area contributed by atoms with Gasteiger partial charge in [-0.25, -0.2) is 14.2 Å². The van der Waals surface area contributed by atoms with Crippen LogP contribution in [0, 0.1) is 5.82 Å². The lowest BCUT2D eigenvalue weighted by atomic mass is 9.96. The Morgan fingerprint density at radius 2 is 1.36 bits per heavy atom. The van der Waals surface area contributed by atoms with Crippen molar-refractivity contribution in [2.24, 2.45) is 0 Å². The van der Waals surface area contributed by atoms with Crippen LogP contribution in [0.2, 0.25) is 0 Å². The highest BCUT2D eigenvalue weighted by molar-refractivity contribution is 5.45. The van der Waals surface area contributed by atoms with E-state index in [0.717, 1.165) is 31.4 Å². The van der Waals surface area contributed by atoms with E-state index in [1.807, 2.05) is 0 Å². The van der Waals surface area contributed by atoms with Gasteiger partial charge in [0.1, 0.15) is 5.82 Å². The largest absolute Gasteiger partial charge is 0.320 e. The lowest BCUT2D eigenvalue weighted by Gasteiger charge is -2.36. The maximum Gasteiger partial charge on any atom is 0.234 e. The first kappa shape index (κ1) is 15.7. The van der Waals surface area contributed by atoms with Crippen LogP contribution in [0.3, 0.4) is 0 Å². The Balaban J connectivity index is 1.60. The molecule has 0 radical (unpaired) electrons. The average Bonchev–Trinajstić information content (AvgIpc) is 2.47. The molecule has 1 saturated carbocycles. The molecule has 5 nitrogen and oxygen atoms in total. The third kappa shape index (κ3) is 3.95. The van der Waals surface area contributed by atoms with Crippen LogP contribution in [-0.4, -0.2) is 19.2 Å². The topological polar surface area (TPSA) is 40.2 Å². The number of hydrogen-bond donors (Lipinski definition) is 0. The summed E-state index contributed by atoms with van der Waals surface area (Å²) in [5.74, 6) is -1.08. The highest BCUT2D eigenvalue weighted by atomic mass is 19.1. The Labute approximate surface area is 129 Å². The molecular formula is C16H22FNO4. The van der Waals surface area contributed by atoms with E-state index in [4.69, 9.17) is 19.6 Å². The lowest BCUT2D eigenvalue weighted by molar-refractivity contribution is -0.525. The van der Waals surface area contributed by atoms with Gasteiger partial charge in [-0.2, -0.15) is 9.78 Å². The van der Waals surface area contributed by atoms with Crippen LogP contribution in [0.15, 0.2) is 24.3 Å². The molecule has 0 bridgehead atoms. The summed E-state index contributed by atoms with van der Waals surface area (Å²) in [5, 5.41) is 0. The number of anilines is 1. The number of benzene rings is 1. The fourth-order valence-corrected chi connectivity index (χ4v) is 2.86. The van der Waals surface area contributed by atoms with Crippen LogP contribution >= 0.6 is 0 Å². The minimum absolute atomic E-state index is 0.205. The van der Waals surface area contributed by atoms with Gasteiger partial charge in [0.15, 0.2) is 13.5 Å². The van der Waals surface area contributed by atoms with Crippen LogP contribution in [0.1, 0.15) is 44.9 Å². The molecule has 1 aliphatic heterocycles. The van der Waals surface area contributed by atoms with Gasteiger partial charge in [-0.15, -0.1) is 0 Å². The van der Waals surface area contributed by atoms with Crippen LogP contribution in [-0.2, 0) is 19.6 Å². The molecule has 0 N–H and O–H groups in total. The summed E-state index contributed by atoms with van der Waals surface area (Å²) in [6.07, 6.45) is 7.22. The Bertz CT molecular complexity index is 448. The van der Waals surface area contributed by atoms with Gasteiger partial charge in [0.25, 0.3) is 0 Å². The zero-order valence-electron chi connectivity index (χ0n) is 12.6. The molecule has 122 valence electrons. The number of hydrogen-bond acceptors (Lipinski definition) is 5. The first-order valence-corrected chi connectivity index (χ1v) is 7.89. The molecule has 1 aliphatic carbocycles. The standard InChI is InChI=1S/C16H22FNO4/c17-14-6-8-15(9-7-14)18-12-19-21-16(22-20-13-18)10-4-2-1-3-5-11-16/h6-9H,1-5,10-13H2. The van der Waals surface area contributed by atoms with Crippen molar-refractivity contribution < 1.29 is 23.9 Å². The number of nitrogens with zero attached hydrogens (tertiary/aromatic N) is 1. The third-order valence-corrected chi connectivity index (χ3v) is 4.15. The normalized spacial score (nSPS) is 23.4. The van der Waals surface area contributed by atoms with E-state index < -0.39 is 5.79 Å². The van der Waals surface area contributed by atoms with Crippen LogP contribution < -0.4 is 4.90 Å². The second kappa shape index (κ2) is 7.37. The Morgan fingerprint density at radius 3 is 1.95 bits per heavy atom. The van der Waals surface area contributed by atoms with Gasteiger partial charge < -0.3 is 4.90 Å². The van der Waals surface area contributed by atoms with E-state index in [-0.39, 0.29) is 19.3 Å². The molecule has 0 unspecified atom stereocenters. The molecule has 1 spiro atoms. The molecule has 2 aliphatic rings. The van der Waals surface area contributed by atoms with Gasteiger partial charge >= 0.3 is 0 Å². The molecule has 1 heterocycles. The van der Waals surface area contributed by atoms with Crippen molar-refractivity contribution in [2.45, 2.75) is 50.7 Å². The molecule has 1 aromatic rings. The minimum Gasteiger partial charge on any atom is -0.320 e. The van der Waals surface area contributed by atoms with E-state index in [0.29, 0.717) is 0 Å². The highest BCUT2D eigenvalue weighted by Gasteiger charge is 2.37. The molecule has 6 heteroatoms. The average molecular weight is 311 g/mol.